The molecule has 4 aliphatic rings. The van der Waals surface area contributed by atoms with Gasteiger partial charge in [0, 0.05) is 17.7 Å². The van der Waals surface area contributed by atoms with Gasteiger partial charge in [0.1, 0.15) is 77.9 Å². The summed E-state index contributed by atoms with van der Waals surface area (Å²) in [6.07, 6.45) is -23.4. The third-order valence-corrected chi connectivity index (χ3v) is 9.17. The molecule has 2 aromatic rings. The van der Waals surface area contributed by atoms with E-state index < -0.39 is 134 Å². The van der Waals surface area contributed by atoms with Crippen molar-refractivity contribution in [3.63, 3.8) is 0 Å². The molecule has 3 fully saturated rings. The number of aliphatic hydroxyl groups excluding tert-OH is 8. The van der Waals surface area contributed by atoms with Crippen molar-refractivity contribution in [1.82, 2.24) is 0 Å². The van der Waals surface area contributed by atoms with Gasteiger partial charge in [0.25, 0.3) is 0 Å². The second kappa shape index (κ2) is 14.9. The van der Waals surface area contributed by atoms with E-state index in [2.05, 4.69) is 0 Å². The predicted octanol–water partition coefficient (Wildman–Crippen LogP) is -3.18. The molecule has 0 amide bonds. The number of hydrogen-bond acceptors (Lipinski definition) is 20. The van der Waals surface area contributed by atoms with Crippen molar-refractivity contribution < 1.29 is 99.5 Å². The zero-order valence-electron chi connectivity index (χ0n) is 27.1. The molecule has 20 nitrogen and oxygen atoms in total. The van der Waals surface area contributed by atoms with Crippen molar-refractivity contribution >= 4 is 6.08 Å². The maximum atomic E-state index is 11.4. The molecule has 4 heterocycles. The Morgan fingerprint density at radius 2 is 1.37 bits per heavy atom. The van der Waals surface area contributed by atoms with Crippen molar-refractivity contribution in [2.75, 3.05) is 13.2 Å². The lowest BCUT2D eigenvalue weighted by Crippen LogP contribution is -2.63. The maximum Gasteiger partial charge on any atom is 0.229 e. The quantitative estimate of drug-likeness (QED) is 0.119. The summed E-state index contributed by atoms with van der Waals surface area (Å²) in [5.74, 6) is -3.64. The smallest absolute Gasteiger partial charge is 0.229 e. The van der Waals surface area contributed by atoms with Crippen molar-refractivity contribution in [2.24, 2.45) is 0 Å². The summed E-state index contributed by atoms with van der Waals surface area (Å²) in [6.45, 7) is 0.269. The molecule has 52 heavy (non-hydrogen) atoms. The lowest BCUT2D eigenvalue weighted by Gasteiger charge is -2.46. The standard InChI is InChI=1S/C32H40O20/c1-9-20(38)24(42)27(45)30(48-9)47-8-19-23(41)25(43)29(52-31-26(44)22(40)16(37)7-46-31)32(51-19)50-18-6-12-13(34)4-11(33)5-17(12)49-28(18)10-2-14(35)21(39)15(36)3-10/h2-6,9,16,19-20,22-45H,7-8H2,1H3/t9-,16-,19+,20-,22+,23+,24-,25+,26+,27+,28?,29+,30+,31+,32+/m0/s1. The second-order valence-electron chi connectivity index (χ2n) is 12.8. The number of aromatic hydroxyl groups is 5. The minimum Gasteiger partial charge on any atom is -0.508 e. The highest BCUT2D eigenvalue weighted by molar-refractivity contribution is 5.70. The topological polar surface area (TPSA) is 328 Å². The molecule has 20 heteroatoms. The van der Waals surface area contributed by atoms with Gasteiger partial charge in [-0.15, -0.1) is 0 Å². The summed E-state index contributed by atoms with van der Waals surface area (Å²) in [7, 11) is 0. The molecule has 6 rings (SSSR count). The number of ether oxygens (including phenoxy) is 7. The van der Waals surface area contributed by atoms with Crippen molar-refractivity contribution in [2.45, 2.75) is 99.0 Å². The number of fused-ring (bicyclic) bond motifs is 1. The fraction of sp³-hybridized carbons (Fsp3) is 0.562. The Morgan fingerprint density at radius 3 is 2.06 bits per heavy atom. The van der Waals surface area contributed by atoms with Gasteiger partial charge in [-0.3, -0.25) is 0 Å². The van der Waals surface area contributed by atoms with E-state index in [1.54, 1.807) is 0 Å². The first-order chi connectivity index (χ1) is 24.5. The Labute approximate surface area is 293 Å². The van der Waals surface area contributed by atoms with Gasteiger partial charge < -0.3 is 99.5 Å². The Kier molecular flexibility index (Phi) is 10.9. The molecule has 0 saturated carbocycles. The molecular formula is C32H40O20. The van der Waals surface area contributed by atoms with E-state index in [9.17, 15) is 66.4 Å². The van der Waals surface area contributed by atoms with Crippen LogP contribution in [0.25, 0.3) is 6.08 Å². The number of phenolic OH excluding ortho intramolecular Hbond substituents is 5. The van der Waals surface area contributed by atoms with Crippen LogP contribution in [0.2, 0.25) is 0 Å². The van der Waals surface area contributed by atoms with E-state index in [1.165, 1.54) is 13.0 Å². The second-order valence-corrected chi connectivity index (χ2v) is 12.8. The number of benzene rings is 2. The zero-order chi connectivity index (χ0) is 37.8. The Morgan fingerprint density at radius 1 is 0.692 bits per heavy atom. The molecule has 0 bridgehead atoms. The first kappa shape index (κ1) is 38.0. The summed E-state index contributed by atoms with van der Waals surface area (Å²) < 4.78 is 40.2. The molecule has 0 aliphatic carbocycles. The highest BCUT2D eigenvalue weighted by atomic mass is 16.8. The number of rotatable bonds is 8. The predicted molar refractivity (Wildman–Crippen MR) is 165 cm³/mol. The van der Waals surface area contributed by atoms with Gasteiger partial charge >= 0.3 is 0 Å². The van der Waals surface area contributed by atoms with Gasteiger partial charge in [-0.05, 0) is 25.1 Å². The Hall–Kier alpha value is -3.74. The summed E-state index contributed by atoms with van der Waals surface area (Å²) in [5.41, 5.74) is -0.0887. The summed E-state index contributed by atoms with van der Waals surface area (Å²) in [5, 5.41) is 135. The third-order valence-electron chi connectivity index (χ3n) is 9.17. The monoisotopic (exact) mass is 744 g/mol. The van der Waals surface area contributed by atoms with Crippen molar-refractivity contribution in [3.05, 3.63) is 41.2 Å². The van der Waals surface area contributed by atoms with Gasteiger partial charge in [-0.1, -0.05) is 0 Å². The molecule has 0 spiro atoms. The van der Waals surface area contributed by atoms with E-state index in [0.29, 0.717) is 0 Å². The average molecular weight is 745 g/mol. The maximum absolute atomic E-state index is 11.4. The van der Waals surface area contributed by atoms with E-state index in [-0.39, 0.29) is 22.6 Å². The van der Waals surface area contributed by atoms with Crippen molar-refractivity contribution in [3.8, 4) is 34.5 Å². The number of phenols is 5. The van der Waals surface area contributed by atoms with Crippen LogP contribution >= 0.6 is 0 Å². The zero-order valence-corrected chi connectivity index (χ0v) is 27.1. The molecule has 288 valence electrons. The van der Waals surface area contributed by atoms with Crippen molar-refractivity contribution in [1.29, 1.82) is 0 Å². The first-order valence-corrected chi connectivity index (χ1v) is 16.1. The lowest BCUT2D eigenvalue weighted by molar-refractivity contribution is -0.359. The lowest BCUT2D eigenvalue weighted by atomic mass is 9.97. The number of hydrogen-bond donors (Lipinski definition) is 13. The normalized spacial score (nSPS) is 39.2. The van der Waals surface area contributed by atoms with Gasteiger partial charge in [0.15, 0.2) is 42.0 Å². The molecule has 13 N–H and O–H groups in total. The van der Waals surface area contributed by atoms with Crippen LogP contribution in [0.15, 0.2) is 30.0 Å². The van der Waals surface area contributed by atoms with Gasteiger partial charge in [-0.2, -0.15) is 0 Å². The van der Waals surface area contributed by atoms with Crippen LogP contribution in [0.3, 0.4) is 0 Å². The van der Waals surface area contributed by atoms with Crippen LogP contribution in [-0.2, 0) is 28.4 Å². The minimum atomic E-state index is -1.96. The molecule has 0 aromatic heterocycles. The Balaban J connectivity index is 1.34. The van der Waals surface area contributed by atoms with Gasteiger partial charge in [0.05, 0.1) is 24.9 Å². The molecular weight excluding hydrogens is 704 g/mol. The van der Waals surface area contributed by atoms with E-state index in [4.69, 9.17) is 33.2 Å². The van der Waals surface area contributed by atoms with Gasteiger partial charge in [0.2, 0.25) is 6.29 Å². The molecule has 0 radical (unpaired) electrons. The van der Waals surface area contributed by atoms with Crippen LogP contribution in [0.1, 0.15) is 24.2 Å². The van der Waals surface area contributed by atoms with E-state index in [0.717, 1.165) is 24.3 Å². The highest BCUT2D eigenvalue weighted by Crippen LogP contribution is 2.47. The first-order valence-electron chi connectivity index (χ1n) is 16.1. The van der Waals surface area contributed by atoms with Gasteiger partial charge in [-0.25, -0.2) is 0 Å². The van der Waals surface area contributed by atoms with Crippen LogP contribution in [0.5, 0.6) is 34.5 Å². The summed E-state index contributed by atoms with van der Waals surface area (Å²) in [6, 6.07) is 4.16. The van der Waals surface area contributed by atoms with Crippen LogP contribution < -0.4 is 4.74 Å². The highest BCUT2D eigenvalue weighted by Gasteiger charge is 2.52. The fourth-order valence-electron chi connectivity index (χ4n) is 6.16. The largest absolute Gasteiger partial charge is 0.508 e. The third kappa shape index (κ3) is 7.26. The summed E-state index contributed by atoms with van der Waals surface area (Å²) >= 11 is 0. The van der Waals surface area contributed by atoms with Crippen LogP contribution in [0, 0.1) is 0 Å². The molecule has 15 atom stereocenters. The minimum absolute atomic E-state index is 0.0357. The SMILES string of the molecule is C[C@@H]1O[C@@H](OC[C@H]2O[C@@H](OC3=Cc4c(O)cc(O)cc4OC3c3cc(O)c(O)c(O)c3)[C@H](O[C@H]3OC[C@H](O)[C@@H](O)[C@H]3O)[C@H](O)[C@@H]2O)[C@H](O)[C@@H](O)[C@H]1O. The Bertz CT molecular complexity index is 1600. The summed E-state index contributed by atoms with van der Waals surface area (Å²) in [4.78, 5) is 0. The molecule has 1 unspecified atom stereocenters. The number of aliphatic hydroxyl groups is 8. The van der Waals surface area contributed by atoms with Crippen LogP contribution in [0.4, 0.5) is 0 Å². The van der Waals surface area contributed by atoms with E-state index >= 15 is 0 Å². The van der Waals surface area contributed by atoms with E-state index in [1.807, 2.05) is 0 Å². The molecule has 4 aliphatic heterocycles. The van der Waals surface area contributed by atoms with Crippen LogP contribution in [-0.4, -0.2) is 166 Å². The average Bonchev–Trinajstić information content (AvgIpc) is 3.10. The molecule has 3 saturated heterocycles. The molecule has 2 aromatic carbocycles. The fourth-order valence-corrected chi connectivity index (χ4v) is 6.16.